The molecule has 7 heteroatoms. The molecule has 0 spiro atoms. The molecule has 0 bridgehead atoms. The Hall–Kier alpha value is -3.19. The van der Waals surface area contributed by atoms with Gasteiger partial charge in [-0.05, 0) is 36.4 Å². The highest BCUT2D eigenvalue weighted by molar-refractivity contribution is 7.14. The predicted molar refractivity (Wildman–Crippen MR) is 101 cm³/mol. The van der Waals surface area contributed by atoms with Crippen LogP contribution in [0.5, 0.6) is 0 Å². The minimum Gasteiger partial charge on any atom is -0.289 e. The van der Waals surface area contributed by atoms with Gasteiger partial charge in [0.2, 0.25) is 5.91 Å². The Labute approximate surface area is 158 Å². The first kappa shape index (κ1) is 18.6. The molecule has 0 unspecified atom stereocenters. The minimum absolute atomic E-state index is 0.0408. The summed E-state index contributed by atoms with van der Waals surface area (Å²) in [4.78, 5) is 29.5. The van der Waals surface area contributed by atoms with Crippen molar-refractivity contribution in [1.82, 2.24) is 4.98 Å². The molecule has 0 saturated carbocycles. The minimum atomic E-state index is -0.603. The molecule has 0 N–H and O–H groups in total. The van der Waals surface area contributed by atoms with Crippen LogP contribution in [0, 0.1) is 11.6 Å². The van der Waals surface area contributed by atoms with E-state index in [0.29, 0.717) is 5.69 Å². The molecule has 1 amide bonds. The van der Waals surface area contributed by atoms with Gasteiger partial charge in [0.15, 0.2) is 10.9 Å². The van der Waals surface area contributed by atoms with Gasteiger partial charge in [0, 0.05) is 12.3 Å². The van der Waals surface area contributed by atoms with Crippen LogP contribution in [0.2, 0.25) is 0 Å². The number of aromatic nitrogens is 1. The van der Waals surface area contributed by atoms with Crippen molar-refractivity contribution in [2.75, 3.05) is 4.90 Å². The van der Waals surface area contributed by atoms with Crippen LogP contribution in [0.15, 0.2) is 60.0 Å². The van der Waals surface area contributed by atoms with Crippen molar-refractivity contribution in [3.63, 3.8) is 0 Å². The zero-order chi connectivity index (χ0) is 19.4. The third kappa shape index (κ3) is 4.15. The van der Waals surface area contributed by atoms with E-state index >= 15 is 0 Å². The van der Waals surface area contributed by atoms with Crippen LogP contribution < -0.4 is 4.90 Å². The smallest absolute Gasteiger partial charge is 0.230 e. The van der Waals surface area contributed by atoms with Crippen LogP contribution in [0.4, 0.5) is 19.6 Å². The normalized spacial score (nSPS) is 10.9. The molecule has 27 heavy (non-hydrogen) atoms. The highest BCUT2D eigenvalue weighted by atomic mass is 32.1. The van der Waals surface area contributed by atoms with E-state index in [2.05, 4.69) is 4.98 Å². The average Bonchev–Trinajstić information content (AvgIpc) is 3.10. The quantitative estimate of drug-likeness (QED) is 0.459. The van der Waals surface area contributed by atoms with Crippen molar-refractivity contribution >= 4 is 39.9 Å². The Morgan fingerprint density at radius 1 is 1.04 bits per heavy atom. The molecule has 0 aliphatic heterocycles. The van der Waals surface area contributed by atoms with Crippen molar-refractivity contribution in [3.05, 3.63) is 82.9 Å². The van der Waals surface area contributed by atoms with Crippen LogP contribution >= 0.6 is 11.3 Å². The molecule has 0 aliphatic carbocycles. The van der Waals surface area contributed by atoms with Gasteiger partial charge >= 0.3 is 0 Å². The number of anilines is 2. The number of carbonyl (C=O) groups excluding carboxylic acids is 2. The highest BCUT2D eigenvalue weighted by Crippen LogP contribution is 2.31. The number of nitrogens with zero attached hydrogens (tertiary/aromatic N) is 2. The van der Waals surface area contributed by atoms with E-state index in [9.17, 15) is 18.4 Å². The molecular formula is C20H14F2N2O2S. The van der Waals surface area contributed by atoms with Gasteiger partial charge in [-0.3, -0.25) is 14.5 Å². The lowest BCUT2D eigenvalue weighted by Gasteiger charge is -2.18. The zero-order valence-electron chi connectivity index (χ0n) is 14.2. The summed E-state index contributed by atoms with van der Waals surface area (Å²) in [6.07, 6.45) is 2.63. The molecule has 0 fully saturated rings. The maximum absolute atomic E-state index is 14.1. The van der Waals surface area contributed by atoms with Crippen LogP contribution in [0.25, 0.3) is 6.08 Å². The third-order valence-electron chi connectivity index (χ3n) is 3.65. The van der Waals surface area contributed by atoms with Crippen molar-refractivity contribution in [2.24, 2.45) is 0 Å². The van der Waals surface area contributed by atoms with E-state index < -0.39 is 23.3 Å². The molecule has 1 heterocycles. The number of benzene rings is 2. The summed E-state index contributed by atoms with van der Waals surface area (Å²) in [6, 6.07) is 11.6. The maximum Gasteiger partial charge on any atom is 0.230 e. The topological polar surface area (TPSA) is 50.3 Å². The molecule has 4 nitrogen and oxygen atoms in total. The lowest BCUT2D eigenvalue weighted by molar-refractivity contribution is -0.115. The van der Waals surface area contributed by atoms with E-state index in [1.807, 2.05) is 0 Å². The predicted octanol–water partition coefficient (Wildman–Crippen LogP) is 5.00. The fourth-order valence-electron chi connectivity index (χ4n) is 2.41. The number of hydrogen-bond donors (Lipinski definition) is 0. The monoisotopic (exact) mass is 384 g/mol. The average molecular weight is 384 g/mol. The largest absolute Gasteiger partial charge is 0.289 e. The lowest BCUT2D eigenvalue weighted by atomic mass is 10.1. The third-order valence-corrected chi connectivity index (χ3v) is 4.50. The zero-order valence-corrected chi connectivity index (χ0v) is 15.0. The van der Waals surface area contributed by atoms with Crippen LogP contribution in [0.3, 0.4) is 0 Å². The van der Waals surface area contributed by atoms with E-state index in [4.69, 9.17) is 0 Å². The van der Waals surface area contributed by atoms with Crippen LogP contribution in [-0.2, 0) is 4.79 Å². The fourth-order valence-corrected chi connectivity index (χ4v) is 3.26. The molecule has 2 aromatic carbocycles. The standard InChI is InChI=1S/C20H14F2N2O2S/c1-13(25)24(18-9-5-4-8-17(18)22)20-23-14(12-27-20)10-11-19(26)15-6-2-3-7-16(15)21/h2-12H,1H3/b11-10+. The first-order valence-electron chi connectivity index (χ1n) is 7.95. The van der Waals surface area contributed by atoms with E-state index in [-0.39, 0.29) is 16.4 Å². The Kier molecular flexibility index (Phi) is 5.52. The molecule has 3 rings (SSSR count). The summed E-state index contributed by atoms with van der Waals surface area (Å²) in [6.45, 7) is 1.31. The van der Waals surface area contributed by atoms with E-state index in [1.165, 1.54) is 55.5 Å². The summed E-state index contributed by atoms with van der Waals surface area (Å²) < 4.78 is 27.7. The molecule has 1 aromatic heterocycles. The molecule has 136 valence electrons. The summed E-state index contributed by atoms with van der Waals surface area (Å²) in [5.41, 5.74) is 0.459. The second-order valence-electron chi connectivity index (χ2n) is 5.54. The lowest BCUT2D eigenvalue weighted by Crippen LogP contribution is -2.23. The Bertz CT molecular complexity index is 1030. The van der Waals surface area contributed by atoms with Crippen molar-refractivity contribution in [2.45, 2.75) is 6.92 Å². The van der Waals surface area contributed by atoms with Gasteiger partial charge in [0.1, 0.15) is 11.6 Å². The second kappa shape index (κ2) is 8.01. The van der Waals surface area contributed by atoms with Crippen molar-refractivity contribution < 1.29 is 18.4 Å². The number of rotatable bonds is 5. The summed E-state index contributed by atoms with van der Waals surface area (Å²) in [5.74, 6) is -2.05. The Balaban J connectivity index is 1.85. The number of para-hydroxylation sites is 1. The van der Waals surface area contributed by atoms with Crippen molar-refractivity contribution in [1.29, 1.82) is 0 Å². The summed E-state index contributed by atoms with van der Waals surface area (Å²) >= 11 is 1.13. The Morgan fingerprint density at radius 3 is 2.37 bits per heavy atom. The van der Waals surface area contributed by atoms with Gasteiger partial charge in [0.05, 0.1) is 16.9 Å². The molecule has 0 radical (unpaired) electrons. The van der Waals surface area contributed by atoms with Gasteiger partial charge < -0.3 is 0 Å². The number of allylic oxidation sites excluding steroid dienone is 1. The fraction of sp³-hybridized carbons (Fsp3) is 0.0500. The molecule has 0 aliphatic rings. The first-order valence-corrected chi connectivity index (χ1v) is 8.83. The SMILES string of the molecule is CC(=O)N(c1nc(/C=C/C(=O)c2ccccc2F)cs1)c1ccccc1F. The number of amides is 1. The van der Waals surface area contributed by atoms with E-state index in [0.717, 1.165) is 16.2 Å². The molecule has 0 saturated heterocycles. The van der Waals surface area contributed by atoms with E-state index in [1.54, 1.807) is 17.5 Å². The number of carbonyl (C=O) groups is 2. The van der Waals surface area contributed by atoms with Crippen LogP contribution in [-0.4, -0.2) is 16.7 Å². The highest BCUT2D eigenvalue weighted by Gasteiger charge is 2.20. The number of thiazole rings is 1. The van der Waals surface area contributed by atoms with Gasteiger partial charge in [-0.2, -0.15) is 0 Å². The first-order chi connectivity index (χ1) is 13.0. The summed E-state index contributed by atoms with van der Waals surface area (Å²) in [7, 11) is 0. The Morgan fingerprint density at radius 2 is 1.70 bits per heavy atom. The molecule has 3 aromatic rings. The number of ketones is 1. The maximum atomic E-state index is 14.1. The summed E-state index contributed by atoms with van der Waals surface area (Å²) in [5, 5.41) is 1.89. The van der Waals surface area contributed by atoms with Crippen molar-refractivity contribution in [3.8, 4) is 0 Å². The number of halogens is 2. The second-order valence-corrected chi connectivity index (χ2v) is 6.37. The number of hydrogen-bond acceptors (Lipinski definition) is 4. The van der Waals surface area contributed by atoms with Crippen LogP contribution in [0.1, 0.15) is 23.0 Å². The van der Waals surface area contributed by atoms with Gasteiger partial charge in [-0.1, -0.05) is 24.3 Å². The van der Waals surface area contributed by atoms with Gasteiger partial charge in [0.25, 0.3) is 0 Å². The molecular weight excluding hydrogens is 370 g/mol. The molecule has 0 atom stereocenters. The van der Waals surface area contributed by atoms with Gasteiger partial charge in [-0.15, -0.1) is 11.3 Å². The van der Waals surface area contributed by atoms with Gasteiger partial charge in [-0.25, -0.2) is 13.8 Å².